The van der Waals surface area contributed by atoms with Crippen LogP contribution in [0.25, 0.3) is 0 Å². The minimum Gasteiger partial charge on any atom is -0.303 e. The van der Waals surface area contributed by atoms with Crippen molar-refractivity contribution in [1.82, 2.24) is 0 Å². The van der Waals surface area contributed by atoms with Gasteiger partial charge < -0.3 is 4.90 Å². The van der Waals surface area contributed by atoms with Gasteiger partial charge in [-0.25, -0.2) is 0 Å². The maximum atomic E-state index is 12.7. The van der Waals surface area contributed by atoms with Crippen molar-refractivity contribution >= 4 is 34.4 Å². The van der Waals surface area contributed by atoms with E-state index in [1.165, 1.54) is 31.2 Å². The summed E-state index contributed by atoms with van der Waals surface area (Å²) in [5.74, 6) is -0.194. The molecule has 1 aliphatic heterocycles. The second-order valence-corrected chi connectivity index (χ2v) is 7.31. The lowest BCUT2D eigenvalue weighted by molar-refractivity contribution is -0.385. The van der Waals surface area contributed by atoms with E-state index < -0.39 is 15.9 Å². The van der Waals surface area contributed by atoms with Crippen molar-refractivity contribution in [2.24, 2.45) is 4.99 Å². The molecule has 160 valence electrons. The molecule has 0 N–H and O–H groups in total. The van der Waals surface area contributed by atoms with E-state index in [0.29, 0.717) is 29.1 Å². The Bertz CT molecular complexity index is 1240. The van der Waals surface area contributed by atoms with Crippen LogP contribution in [-0.4, -0.2) is 21.5 Å². The van der Waals surface area contributed by atoms with Gasteiger partial charge in [0.15, 0.2) is 0 Å². The highest BCUT2D eigenvalue weighted by molar-refractivity contribution is 6.07. The minimum absolute atomic E-state index is 0.0272. The van der Waals surface area contributed by atoms with Gasteiger partial charge in [-0.2, -0.15) is 0 Å². The fourth-order valence-corrected chi connectivity index (χ4v) is 3.83. The molecule has 1 heterocycles. The van der Waals surface area contributed by atoms with Crippen molar-refractivity contribution < 1.29 is 14.6 Å². The van der Waals surface area contributed by atoms with Gasteiger partial charge in [-0.15, -0.1) is 0 Å². The van der Waals surface area contributed by atoms with Crippen LogP contribution in [0.15, 0.2) is 77.8 Å². The molecule has 32 heavy (non-hydrogen) atoms. The Hall–Kier alpha value is -4.40. The third kappa shape index (κ3) is 3.95. The zero-order chi connectivity index (χ0) is 22.8. The average molecular weight is 430 g/mol. The molecule has 3 aromatic carbocycles. The number of nitrogens with zero attached hydrogens (tertiary/aromatic N) is 4. The first-order valence-electron chi connectivity index (χ1n) is 9.80. The smallest absolute Gasteiger partial charge is 0.269 e. The molecule has 0 fully saturated rings. The molecule has 0 saturated carbocycles. The molecule has 0 bridgehead atoms. The number of carbonyl (C=O) groups excluding carboxylic acids is 1. The van der Waals surface area contributed by atoms with Crippen molar-refractivity contribution in [3.8, 4) is 0 Å². The highest BCUT2D eigenvalue weighted by atomic mass is 16.6. The second kappa shape index (κ2) is 8.38. The van der Waals surface area contributed by atoms with E-state index in [1.807, 2.05) is 12.1 Å². The van der Waals surface area contributed by atoms with Gasteiger partial charge in [-0.1, -0.05) is 24.3 Å². The molecular weight excluding hydrogens is 412 g/mol. The van der Waals surface area contributed by atoms with Gasteiger partial charge in [0.2, 0.25) is 5.91 Å². The average Bonchev–Trinajstić information content (AvgIpc) is 2.96. The van der Waals surface area contributed by atoms with Crippen molar-refractivity contribution in [2.45, 2.75) is 19.4 Å². The Balaban J connectivity index is 1.84. The van der Waals surface area contributed by atoms with Gasteiger partial charge in [-0.3, -0.25) is 30.0 Å². The maximum absolute atomic E-state index is 12.7. The van der Waals surface area contributed by atoms with Gasteiger partial charge in [0.25, 0.3) is 11.4 Å². The third-order valence-corrected chi connectivity index (χ3v) is 5.33. The number of aliphatic imine (C=N–C) groups is 1. The van der Waals surface area contributed by atoms with Crippen LogP contribution in [0.5, 0.6) is 0 Å². The molecule has 1 unspecified atom stereocenters. The molecule has 1 amide bonds. The topological polar surface area (TPSA) is 119 Å². The van der Waals surface area contributed by atoms with Crippen LogP contribution >= 0.6 is 0 Å². The van der Waals surface area contributed by atoms with Crippen molar-refractivity contribution in [2.75, 3.05) is 4.90 Å². The molecule has 0 spiro atoms. The molecular formula is C23H18N4O5. The molecule has 0 aromatic heterocycles. The van der Waals surface area contributed by atoms with E-state index in [2.05, 4.69) is 0 Å². The Morgan fingerprint density at radius 1 is 0.906 bits per heavy atom. The van der Waals surface area contributed by atoms with Gasteiger partial charge in [0.1, 0.15) is 0 Å². The molecule has 9 heteroatoms. The first kappa shape index (κ1) is 20.9. The molecule has 1 aliphatic rings. The van der Waals surface area contributed by atoms with Crippen molar-refractivity contribution in [3.05, 3.63) is 104 Å². The zero-order valence-corrected chi connectivity index (χ0v) is 17.0. The molecule has 4 rings (SSSR count). The standard InChI is InChI=1S/C23H18N4O5/c1-15(28)25-22-5-3-2-4-20(22)24-21(16-6-10-18(11-7-16)26(29)30)14-23(25)17-8-12-19(13-9-17)27(31)32/h2-13,23H,14H2,1H3. The quantitative estimate of drug-likeness (QED) is 0.420. The largest absolute Gasteiger partial charge is 0.303 e. The lowest BCUT2D eigenvalue weighted by Crippen LogP contribution is -2.33. The molecule has 0 saturated heterocycles. The summed E-state index contributed by atoms with van der Waals surface area (Å²) in [5, 5.41) is 22.1. The van der Waals surface area contributed by atoms with E-state index in [1.54, 1.807) is 41.3 Å². The number of fused-ring (bicyclic) bond motifs is 1. The predicted octanol–water partition coefficient (Wildman–Crippen LogP) is 5.12. The summed E-state index contributed by atoms with van der Waals surface area (Å²) in [5.41, 5.74) is 3.22. The van der Waals surface area contributed by atoms with Gasteiger partial charge in [0.05, 0.1) is 33.0 Å². The number of rotatable bonds is 4. The monoisotopic (exact) mass is 430 g/mol. The summed E-state index contributed by atoms with van der Waals surface area (Å²) in [7, 11) is 0. The Kier molecular flexibility index (Phi) is 5.46. The first-order valence-corrected chi connectivity index (χ1v) is 9.80. The zero-order valence-electron chi connectivity index (χ0n) is 17.0. The number of nitro groups is 2. The second-order valence-electron chi connectivity index (χ2n) is 7.31. The van der Waals surface area contributed by atoms with E-state index in [9.17, 15) is 25.0 Å². The van der Waals surface area contributed by atoms with E-state index in [0.717, 1.165) is 5.56 Å². The van der Waals surface area contributed by atoms with E-state index in [4.69, 9.17) is 4.99 Å². The Morgan fingerprint density at radius 3 is 2.03 bits per heavy atom. The number of carbonyl (C=O) groups is 1. The highest BCUT2D eigenvalue weighted by Crippen LogP contribution is 2.41. The van der Waals surface area contributed by atoms with E-state index >= 15 is 0 Å². The summed E-state index contributed by atoms with van der Waals surface area (Å²) in [6, 6.07) is 19.0. The lowest BCUT2D eigenvalue weighted by atomic mass is 9.95. The number of amides is 1. The number of para-hydroxylation sites is 2. The van der Waals surface area contributed by atoms with E-state index in [-0.39, 0.29) is 17.3 Å². The number of non-ortho nitro benzene ring substituents is 2. The summed E-state index contributed by atoms with van der Waals surface area (Å²) in [6.07, 6.45) is 0.323. The third-order valence-electron chi connectivity index (χ3n) is 5.33. The SMILES string of the molecule is CC(=O)N1c2ccccc2N=C(c2ccc([N+](=O)[O-])cc2)CC1c1ccc([N+](=O)[O-])cc1. The molecule has 9 nitrogen and oxygen atoms in total. The molecule has 0 radical (unpaired) electrons. The summed E-state index contributed by atoms with van der Waals surface area (Å²) >= 11 is 0. The first-order chi connectivity index (χ1) is 15.3. The number of hydrogen-bond acceptors (Lipinski definition) is 6. The number of hydrogen-bond donors (Lipinski definition) is 0. The van der Waals surface area contributed by atoms with Crippen molar-refractivity contribution in [3.63, 3.8) is 0 Å². The Morgan fingerprint density at radius 2 is 1.47 bits per heavy atom. The van der Waals surface area contributed by atoms with Crippen LogP contribution in [-0.2, 0) is 4.79 Å². The van der Waals surface area contributed by atoms with Crippen LogP contribution in [0.3, 0.4) is 0 Å². The Labute approximate surface area is 182 Å². The van der Waals surface area contributed by atoms with Gasteiger partial charge in [0, 0.05) is 37.6 Å². The van der Waals surface area contributed by atoms with Crippen LogP contribution in [0.1, 0.15) is 30.5 Å². The minimum atomic E-state index is -0.474. The van der Waals surface area contributed by atoms with Crippen molar-refractivity contribution in [1.29, 1.82) is 0 Å². The van der Waals surface area contributed by atoms with Crippen LogP contribution in [0.4, 0.5) is 22.7 Å². The fraction of sp³-hybridized carbons (Fsp3) is 0.130. The fourth-order valence-electron chi connectivity index (χ4n) is 3.83. The lowest BCUT2D eigenvalue weighted by Gasteiger charge is -2.30. The normalized spacial score (nSPS) is 15.3. The van der Waals surface area contributed by atoms with Crippen LogP contribution in [0.2, 0.25) is 0 Å². The summed E-state index contributed by atoms with van der Waals surface area (Å²) in [6.45, 7) is 1.46. The maximum Gasteiger partial charge on any atom is 0.269 e. The molecule has 1 atom stereocenters. The van der Waals surface area contributed by atoms with Gasteiger partial charge >= 0.3 is 0 Å². The number of anilines is 1. The predicted molar refractivity (Wildman–Crippen MR) is 119 cm³/mol. The summed E-state index contributed by atoms with van der Waals surface area (Å²) < 4.78 is 0. The van der Waals surface area contributed by atoms with Crippen LogP contribution in [0, 0.1) is 20.2 Å². The van der Waals surface area contributed by atoms with Gasteiger partial charge in [-0.05, 0) is 35.4 Å². The number of nitro benzene ring substituents is 2. The molecule has 3 aromatic rings. The number of benzene rings is 3. The molecule has 0 aliphatic carbocycles. The highest BCUT2D eigenvalue weighted by Gasteiger charge is 2.31. The summed E-state index contributed by atoms with van der Waals surface area (Å²) in [4.78, 5) is 40.3. The van der Waals surface area contributed by atoms with Crippen LogP contribution < -0.4 is 4.90 Å².